The highest BCUT2D eigenvalue weighted by molar-refractivity contribution is 5.85. The summed E-state index contributed by atoms with van der Waals surface area (Å²) >= 11 is 0. The SMILES string of the molecule is CC(C(=O)N1CCCC1)N1CCC(N)c2ccccc21. The van der Waals surface area contributed by atoms with E-state index in [1.807, 2.05) is 24.0 Å². The minimum absolute atomic E-state index is 0.0940. The number of likely N-dealkylation sites (tertiary alicyclic amines) is 1. The third kappa shape index (κ3) is 2.29. The Morgan fingerprint density at radius 2 is 1.95 bits per heavy atom. The predicted octanol–water partition coefficient (Wildman–Crippen LogP) is 1.91. The first-order chi connectivity index (χ1) is 9.68. The molecule has 1 aromatic carbocycles. The molecule has 2 aliphatic heterocycles. The highest BCUT2D eigenvalue weighted by Crippen LogP contribution is 2.33. The van der Waals surface area contributed by atoms with Crippen LogP contribution in [-0.2, 0) is 4.79 Å². The van der Waals surface area contributed by atoms with Gasteiger partial charge >= 0.3 is 0 Å². The van der Waals surface area contributed by atoms with E-state index >= 15 is 0 Å². The monoisotopic (exact) mass is 273 g/mol. The van der Waals surface area contributed by atoms with Crippen LogP contribution in [0.4, 0.5) is 5.69 Å². The molecule has 108 valence electrons. The first-order valence-corrected chi connectivity index (χ1v) is 7.58. The largest absolute Gasteiger partial charge is 0.359 e. The zero-order valence-corrected chi connectivity index (χ0v) is 12.1. The molecule has 2 aliphatic rings. The molecule has 0 aromatic heterocycles. The molecule has 0 saturated carbocycles. The van der Waals surface area contributed by atoms with Crippen LogP contribution in [0.5, 0.6) is 0 Å². The maximum atomic E-state index is 12.6. The number of hydrogen-bond acceptors (Lipinski definition) is 3. The lowest BCUT2D eigenvalue weighted by molar-refractivity contribution is -0.131. The molecular formula is C16H23N3O. The van der Waals surface area contributed by atoms with Crippen molar-refractivity contribution in [2.24, 2.45) is 5.73 Å². The number of nitrogens with two attached hydrogens (primary N) is 1. The summed E-state index contributed by atoms with van der Waals surface area (Å²) in [6.45, 7) is 4.71. The summed E-state index contributed by atoms with van der Waals surface area (Å²) < 4.78 is 0. The van der Waals surface area contributed by atoms with Crippen LogP contribution in [0.2, 0.25) is 0 Å². The number of benzene rings is 1. The summed E-state index contributed by atoms with van der Waals surface area (Å²) in [6.07, 6.45) is 3.19. The van der Waals surface area contributed by atoms with E-state index in [0.717, 1.165) is 44.6 Å². The number of rotatable bonds is 2. The second kappa shape index (κ2) is 5.44. The maximum Gasteiger partial charge on any atom is 0.244 e. The van der Waals surface area contributed by atoms with Crippen LogP contribution in [0.15, 0.2) is 24.3 Å². The van der Waals surface area contributed by atoms with Crippen molar-refractivity contribution in [1.29, 1.82) is 0 Å². The average Bonchev–Trinajstić information content (AvgIpc) is 3.01. The van der Waals surface area contributed by atoms with E-state index in [2.05, 4.69) is 17.0 Å². The summed E-state index contributed by atoms with van der Waals surface area (Å²) in [5.41, 5.74) is 8.48. The summed E-state index contributed by atoms with van der Waals surface area (Å²) in [7, 11) is 0. The number of hydrogen-bond donors (Lipinski definition) is 1. The Bertz CT molecular complexity index is 496. The van der Waals surface area contributed by atoms with Gasteiger partial charge in [-0.25, -0.2) is 0 Å². The van der Waals surface area contributed by atoms with Crippen molar-refractivity contribution in [1.82, 2.24) is 4.90 Å². The molecule has 0 aliphatic carbocycles. The van der Waals surface area contributed by atoms with Gasteiger partial charge < -0.3 is 15.5 Å². The minimum atomic E-state index is -0.0956. The van der Waals surface area contributed by atoms with Gasteiger partial charge in [0.1, 0.15) is 6.04 Å². The van der Waals surface area contributed by atoms with Crippen molar-refractivity contribution in [3.05, 3.63) is 29.8 Å². The van der Waals surface area contributed by atoms with Gasteiger partial charge in [0.25, 0.3) is 0 Å². The summed E-state index contributed by atoms with van der Waals surface area (Å²) in [6, 6.07) is 8.21. The zero-order chi connectivity index (χ0) is 14.1. The van der Waals surface area contributed by atoms with Crippen LogP contribution < -0.4 is 10.6 Å². The van der Waals surface area contributed by atoms with Crippen molar-refractivity contribution >= 4 is 11.6 Å². The molecule has 2 unspecified atom stereocenters. The normalized spacial score (nSPS) is 23.6. The number of carbonyl (C=O) groups is 1. The first kappa shape index (κ1) is 13.4. The van der Waals surface area contributed by atoms with E-state index in [9.17, 15) is 4.79 Å². The lowest BCUT2D eigenvalue weighted by Gasteiger charge is -2.39. The summed E-state index contributed by atoms with van der Waals surface area (Å²) in [4.78, 5) is 16.8. The van der Waals surface area contributed by atoms with Crippen molar-refractivity contribution in [3.8, 4) is 0 Å². The number of anilines is 1. The van der Waals surface area contributed by atoms with E-state index in [1.54, 1.807) is 0 Å². The fraction of sp³-hybridized carbons (Fsp3) is 0.562. The van der Waals surface area contributed by atoms with Crippen LogP contribution in [-0.4, -0.2) is 36.5 Å². The molecule has 0 radical (unpaired) electrons. The number of para-hydroxylation sites is 1. The van der Waals surface area contributed by atoms with Crippen molar-refractivity contribution < 1.29 is 4.79 Å². The van der Waals surface area contributed by atoms with E-state index < -0.39 is 0 Å². The maximum absolute atomic E-state index is 12.6. The van der Waals surface area contributed by atoms with Gasteiger partial charge in [-0.1, -0.05) is 18.2 Å². The van der Waals surface area contributed by atoms with Gasteiger partial charge in [-0.05, 0) is 37.8 Å². The highest BCUT2D eigenvalue weighted by Gasteiger charge is 2.31. The predicted molar refractivity (Wildman–Crippen MR) is 80.6 cm³/mol. The van der Waals surface area contributed by atoms with Gasteiger partial charge in [0.05, 0.1) is 0 Å². The molecule has 4 heteroatoms. The Morgan fingerprint density at radius 1 is 1.25 bits per heavy atom. The van der Waals surface area contributed by atoms with Crippen molar-refractivity contribution in [2.75, 3.05) is 24.5 Å². The minimum Gasteiger partial charge on any atom is -0.359 e. The number of carbonyl (C=O) groups excluding carboxylic acids is 1. The van der Waals surface area contributed by atoms with Crippen LogP contribution in [0, 0.1) is 0 Å². The molecule has 2 atom stereocenters. The molecule has 1 saturated heterocycles. The van der Waals surface area contributed by atoms with E-state index in [4.69, 9.17) is 5.73 Å². The quantitative estimate of drug-likeness (QED) is 0.895. The van der Waals surface area contributed by atoms with E-state index in [1.165, 1.54) is 5.56 Å². The molecule has 1 fully saturated rings. The third-order valence-electron chi connectivity index (χ3n) is 4.57. The fourth-order valence-electron chi connectivity index (χ4n) is 3.35. The second-order valence-electron chi connectivity index (χ2n) is 5.86. The number of amides is 1. The van der Waals surface area contributed by atoms with Gasteiger partial charge in [-0.15, -0.1) is 0 Å². The zero-order valence-electron chi connectivity index (χ0n) is 12.1. The van der Waals surface area contributed by atoms with Gasteiger partial charge in [0, 0.05) is 31.4 Å². The molecule has 1 amide bonds. The van der Waals surface area contributed by atoms with Crippen LogP contribution in [0.25, 0.3) is 0 Å². The fourth-order valence-corrected chi connectivity index (χ4v) is 3.35. The first-order valence-electron chi connectivity index (χ1n) is 7.58. The van der Waals surface area contributed by atoms with Gasteiger partial charge in [0.15, 0.2) is 0 Å². The standard InChI is InChI=1S/C16H23N3O/c1-12(16(20)18-9-4-5-10-18)19-11-8-14(17)13-6-2-3-7-15(13)19/h2-3,6-7,12,14H,4-5,8-11,17H2,1H3. The Hall–Kier alpha value is -1.55. The van der Waals surface area contributed by atoms with Crippen LogP contribution >= 0.6 is 0 Å². The van der Waals surface area contributed by atoms with Crippen LogP contribution in [0.3, 0.4) is 0 Å². The lowest BCUT2D eigenvalue weighted by Crippen LogP contribution is -2.49. The Kier molecular flexibility index (Phi) is 3.66. The smallest absolute Gasteiger partial charge is 0.244 e. The molecular weight excluding hydrogens is 250 g/mol. The summed E-state index contributed by atoms with van der Waals surface area (Å²) in [5, 5.41) is 0. The topological polar surface area (TPSA) is 49.6 Å². The summed E-state index contributed by atoms with van der Waals surface area (Å²) in [5.74, 6) is 0.257. The average molecular weight is 273 g/mol. The van der Waals surface area contributed by atoms with E-state index in [-0.39, 0.29) is 18.0 Å². The van der Waals surface area contributed by atoms with Crippen LogP contribution in [0.1, 0.15) is 37.8 Å². The van der Waals surface area contributed by atoms with E-state index in [0.29, 0.717) is 0 Å². The highest BCUT2D eigenvalue weighted by atomic mass is 16.2. The van der Waals surface area contributed by atoms with Gasteiger partial charge in [0.2, 0.25) is 5.91 Å². The molecule has 1 aromatic rings. The van der Waals surface area contributed by atoms with Gasteiger partial charge in [-0.3, -0.25) is 4.79 Å². The second-order valence-corrected chi connectivity index (χ2v) is 5.86. The number of fused-ring (bicyclic) bond motifs is 1. The Morgan fingerprint density at radius 3 is 2.70 bits per heavy atom. The molecule has 0 spiro atoms. The third-order valence-corrected chi connectivity index (χ3v) is 4.57. The number of nitrogens with zero attached hydrogens (tertiary/aromatic N) is 2. The van der Waals surface area contributed by atoms with Gasteiger partial charge in [-0.2, -0.15) is 0 Å². The van der Waals surface area contributed by atoms with Crippen molar-refractivity contribution in [2.45, 2.75) is 38.3 Å². The molecule has 2 N–H and O–H groups in total. The molecule has 20 heavy (non-hydrogen) atoms. The Labute approximate surface area is 120 Å². The molecule has 0 bridgehead atoms. The molecule has 3 rings (SSSR count). The molecule has 4 nitrogen and oxygen atoms in total. The lowest BCUT2D eigenvalue weighted by atomic mass is 9.96. The molecule has 2 heterocycles. The Balaban J connectivity index is 1.83. The van der Waals surface area contributed by atoms with Crippen molar-refractivity contribution in [3.63, 3.8) is 0 Å².